The van der Waals surface area contributed by atoms with Crippen LogP contribution in [0, 0.1) is 0 Å². The maximum absolute atomic E-state index is 9.88. The van der Waals surface area contributed by atoms with Crippen LogP contribution in [0.1, 0.15) is 0 Å². The van der Waals surface area contributed by atoms with E-state index in [1.54, 1.807) is 24.3 Å². The third-order valence-corrected chi connectivity index (χ3v) is 4.10. The van der Waals surface area contributed by atoms with E-state index in [9.17, 15) is 5.11 Å². The van der Waals surface area contributed by atoms with Crippen LogP contribution in [0.15, 0.2) is 103 Å². The van der Waals surface area contributed by atoms with Crippen molar-refractivity contribution in [1.29, 1.82) is 0 Å². The van der Waals surface area contributed by atoms with Crippen molar-refractivity contribution in [2.45, 2.75) is 0 Å². The number of para-hydroxylation sites is 3. The van der Waals surface area contributed by atoms with Gasteiger partial charge in [0.15, 0.2) is 11.5 Å². The van der Waals surface area contributed by atoms with Crippen LogP contribution in [-0.2, 0) is 0 Å². The Hall–Kier alpha value is -3.72. The molecule has 0 fully saturated rings. The number of hydrogen-bond acceptors (Lipinski definition) is 3. The van der Waals surface area contributed by atoms with Gasteiger partial charge in [-0.15, -0.1) is 0 Å². The maximum Gasteiger partial charge on any atom is 0.169 e. The molecular weight excluding hydrogens is 336 g/mol. The number of benzene rings is 4. The molecule has 0 bridgehead atoms. The Bertz CT molecular complexity index is 1040. The minimum absolute atomic E-state index is 0.0956. The van der Waals surface area contributed by atoms with Crippen LogP contribution < -0.4 is 9.47 Å². The van der Waals surface area contributed by atoms with E-state index in [-0.39, 0.29) is 5.75 Å². The molecule has 0 radical (unpaired) electrons. The van der Waals surface area contributed by atoms with E-state index in [4.69, 9.17) is 9.47 Å². The van der Waals surface area contributed by atoms with Gasteiger partial charge in [-0.3, -0.25) is 0 Å². The molecule has 0 aliphatic heterocycles. The maximum atomic E-state index is 9.88. The first-order valence-corrected chi connectivity index (χ1v) is 8.68. The molecule has 0 unspecified atom stereocenters. The Labute approximate surface area is 158 Å². The number of rotatable bonds is 5. The predicted octanol–water partition coefficient (Wildman–Crippen LogP) is 6.64. The van der Waals surface area contributed by atoms with E-state index < -0.39 is 0 Å². The first kappa shape index (κ1) is 16.7. The normalized spacial score (nSPS) is 10.4. The van der Waals surface area contributed by atoms with Crippen LogP contribution in [-0.4, -0.2) is 5.11 Å². The van der Waals surface area contributed by atoms with E-state index in [1.165, 1.54) is 0 Å². The van der Waals surface area contributed by atoms with E-state index in [0.717, 1.165) is 16.9 Å². The molecule has 3 heteroatoms. The Kier molecular flexibility index (Phi) is 4.75. The molecule has 0 aliphatic carbocycles. The molecule has 3 nitrogen and oxygen atoms in total. The predicted molar refractivity (Wildman–Crippen MR) is 107 cm³/mol. The Morgan fingerprint density at radius 1 is 0.519 bits per heavy atom. The van der Waals surface area contributed by atoms with Gasteiger partial charge >= 0.3 is 0 Å². The fraction of sp³-hybridized carbons (Fsp3) is 0. The second-order valence-corrected chi connectivity index (χ2v) is 6.01. The molecule has 27 heavy (non-hydrogen) atoms. The van der Waals surface area contributed by atoms with Crippen molar-refractivity contribution in [2.75, 3.05) is 0 Å². The smallest absolute Gasteiger partial charge is 0.169 e. The average molecular weight is 354 g/mol. The minimum atomic E-state index is 0.0956. The third-order valence-electron chi connectivity index (χ3n) is 4.10. The van der Waals surface area contributed by atoms with Crippen LogP contribution in [0.4, 0.5) is 0 Å². The highest BCUT2D eigenvalue weighted by Crippen LogP contribution is 2.36. The molecule has 1 N–H and O–H groups in total. The summed E-state index contributed by atoms with van der Waals surface area (Å²) in [6, 6.07) is 32.3. The summed E-state index contributed by atoms with van der Waals surface area (Å²) in [6.07, 6.45) is 0. The zero-order valence-electron chi connectivity index (χ0n) is 14.6. The molecule has 0 saturated carbocycles. The SMILES string of the molecule is Oc1ccccc1Oc1cccc(Oc2ccccc2-c2ccccc2)c1. The van der Waals surface area contributed by atoms with E-state index in [2.05, 4.69) is 12.1 Å². The van der Waals surface area contributed by atoms with Crippen LogP contribution in [0.3, 0.4) is 0 Å². The summed E-state index contributed by atoms with van der Waals surface area (Å²) in [5, 5.41) is 9.88. The molecular formula is C24H18O3. The standard InChI is InChI=1S/C24H18O3/c25-22-14-5-7-16-24(22)27-20-12-8-11-19(17-20)26-23-15-6-4-13-21(23)18-9-2-1-3-10-18/h1-17,25H. The quantitative estimate of drug-likeness (QED) is 0.436. The number of ether oxygens (including phenoxy) is 2. The summed E-state index contributed by atoms with van der Waals surface area (Å²) >= 11 is 0. The summed E-state index contributed by atoms with van der Waals surface area (Å²) in [5.74, 6) is 2.51. The Balaban J connectivity index is 1.60. The third kappa shape index (κ3) is 3.93. The van der Waals surface area contributed by atoms with Gasteiger partial charge in [0.1, 0.15) is 17.2 Å². The number of phenols is 1. The second-order valence-electron chi connectivity index (χ2n) is 6.01. The van der Waals surface area contributed by atoms with E-state index in [1.807, 2.05) is 66.7 Å². The lowest BCUT2D eigenvalue weighted by Gasteiger charge is -2.13. The summed E-state index contributed by atoms with van der Waals surface area (Å²) < 4.78 is 11.9. The van der Waals surface area contributed by atoms with Gasteiger partial charge in [0.2, 0.25) is 0 Å². The number of phenolic OH excluding ortho intramolecular Hbond substituents is 1. The van der Waals surface area contributed by atoms with Gasteiger partial charge in [-0.2, -0.15) is 0 Å². The van der Waals surface area contributed by atoms with Crippen molar-refractivity contribution in [3.8, 4) is 39.9 Å². The highest BCUT2D eigenvalue weighted by atomic mass is 16.5. The molecule has 0 amide bonds. The molecule has 4 aromatic rings. The van der Waals surface area contributed by atoms with Crippen LogP contribution >= 0.6 is 0 Å². The molecule has 4 rings (SSSR count). The van der Waals surface area contributed by atoms with Crippen molar-refractivity contribution in [3.63, 3.8) is 0 Å². The number of hydrogen-bond donors (Lipinski definition) is 1. The van der Waals surface area contributed by atoms with Crippen molar-refractivity contribution < 1.29 is 14.6 Å². The first-order chi connectivity index (χ1) is 13.3. The molecule has 0 spiro atoms. The fourth-order valence-corrected chi connectivity index (χ4v) is 2.81. The van der Waals surface area contributed by atoms with E-state index >= 15 is 0 Å². The highest BCUT2D eigenvalue weighted by Gasteiger charge is 2.08. The zero-order chi connectivity index (χ0) is 18.5. The van der Waals surface area contributed by atoms with Crippen molar-refractivity contribution >= 4 is 0 Å². The topological polar surface area (TPSA) is 38.7 Å². The fourth-order valence-electron chi connectivity index (χ4n) is 2.81. The lowest BCUT2D eigenvalue weighted by molar-refractivity contribution is 0.408. The number of aromatic hydroxyl groups is 1. The summed E-state index contributed by atoms with van der Waals surface area (Å²) in [4.78, 5) is 0. The molecule has 132 valence electrons. The van der Waals surface area contributed by atoms with Gasteiger partial charge in [0.25, 0.3) is 0 Å². The molecule has 4 aromatic carbocycles. The molecule has 0 saturated heterocycles. The monoisotopic (exact) mass is 354 g/mol. The minimum Gasteiger partial charge on any atom is -0.504 e. The largest absolute Gasteiger partial charge is 0.504 e. The molecule has 0 heterocycles. The van der Waals surface area contributed by atoms with Gasteiger partial charge in [-0.25, -0.2) is 0 Å². The van der Waals surface area contributed by atoms with Gasteiger partial charge in [-0.05, 0) is 35.9 Å². The average Bonchev–Trinajstić information content (AvgIpc) is 2.71. The van der Waals surface area contributed by atoms with Crippen molar-refractivity contribution in [1.82, 2.24) is 0 Å². The van der Waals surface area contributed by atoms with Gasteiger partial charge in [0.05, 0.1) is 0 Å². The second kappa shape index (κ2) is 7.67. The molecule has 0 aliphatic rings. The summed E-state index contributed by atoms with van der Waals surface area (Å²) in [7, 11) is 0. The summed E-state index contributed by atoms with van der Waals surface area (Å²) in [5.41, 5.74) is 2.11. The van der Waals surface area contributed by atoms with E-state index in [0.29, 0.717) is 17.2 Å². The van der Waals surface area contributed by atoms with Crippen LogP contribution in [0.5, 0.6) is 28.7 Å². The lowest BCUT2D eigenvalue weighted by atomic mass is 10.1. The Morgan fingerprint density at radius 2 is 1.11 bits per heavy atom. The summed E-state index contributed by atoms with van der Waals surface area (Å²) in [6.45, 7) is 0. The highest BCUT2D eigenvalue weighted by molar-refractivity contribution is 5.70. The van der Waals surface area contributed by atoms with Gasteiger partial charge < -0.3 is 14.6 Å². The van der Waals surface area contributed by atoms with Crippen LogP contribution in [0.25, 0.3) is 11.1 Å². The van der Waals surface area contributed by atoms with Gasteiger partial charge in [-0.1, -0.05) is 66.7 Å². The van der Waals surface area contributed by atoms with Crippen molar-refractivity contribution in [2.24, 2.45) is 0 Å². The van der Waals surface area contributed by atoms with Gasteiger partial charge in [0, 0.05) is 11.6 Å². The molecule has 0 atom stereocenters. The molecule has 0 aromatic heterocycles. The van der Waals surface area contributed by atoms with Crippen molar-refractivity contribution in [3.05, 3.63) is 103 Å². The Morgan fingerprint density at radius 3 is 1.85 bits per heavy atom. The first-order valence-electron chi connectivity index (χ1n) is 8.68. The zero-order valence-corrected chi connectivity index (χ0v) is 14.6. The van der Waals surface area contributed by atoms with Crippen LogP contribution in [0.2, 0.25) is 0 Å². The lowest BCUT2D eigenvalue weighted by Crippen LogP contribution is -1.89.